The number of piperidine rings is 3. The molecule has 3 heteroatoms. The van der Waals surface area contributed by atoms with E-state index in [0.29, 0.717) is 6.04 Å². The average Bonchev–Trinajstić information content (AvgIpc) is 2.37. The summed E-state index contributed by atoms with van der Waals surface area (Å²) < 4.78 is 1.24. The molecule has 3 fully saturated rings. The molecule has 1 aromatic rings. The van der Waals surface area contributed by atoms with Crippen LogP contribution in [-0.2, 0) is 0 Å². The van der Waals surface area contributed by atoms with Crippen molar-refractivity contribution in [3.8, 4) is 0 Å². The number of nitrogens with one attached hydrogen (secondary N) is 1. The molecule has 0 saturated carbocycles. The molecule has 3 heterocycles. The summed E-state index contributed by atoms with van der Waals surface area (Å²) in [5.41, 5.74) is 3.92. The fourth-order valence-electron chi connectivity index (χ4n) is 3.37. The molecule has 0 amide bonds. The third-order valence-corrected chi connectivity index (χ3v) is 5.70. The topological polar surface area (TPSA) is 15.3 Å². The third-order valence-electron chi connectivity index (χ3n) is 4.44. The van der Waals surface area contributed by atoms with Crippen LogP contribution in [0, 0.1) is 19.8 Å². The smallest absolute Gasteiger partial charge is 0.0417 e. The average molecular weight is 309 g/mol. The van der Waals surface area contributed by atoms with Crippen LogP contribution in [0.5, 0.6) is 0 Å². The summed E-state index contributed by atoms with van der Waals surface area (Å²) in [6.45, 7) is 8.17. The van der Waals surface area contributed by atoms with Crippen molar-refractivity contribution in [2.45, 2.75) is 32.7 Å². The Labute approximate surface area is 118 Å². The maximum atomic E-state index is 3.76. The number of hydrogen-bond donors (Lipinski definition) is 1. The second kappa shape index (κ2) is 4.86. The Morgan fingerprint density at radius 1 is 1.17 bits per heavy atom. The van der Waals surface area contributed by atoms with E-state index in [-0.39, 0.29) is 0 Å². The van der Waals surface area contributed by atoms with E-state index in [0.717, 1.165) is 5.92 Å². The van der Waals surface area contributed by atoms with Gasteiger partial charge in [-0.2, -0.15) is 0 Å². The van der Waals surface area contributed by atoms with Gasteiger partial charge in [0.15, 0.2) is 0 Å². The van der Waals surface area contributed by atoms with Gasteiger partial charge >= 0.3 is 0 Å². The van der Waals surface area contributed by atoms with Crippen LogP contribution < -0.4 is 5.32 Å². The van der Waals surface area contributed by atoms with Crippen molar-refractivity contribution >= 4 is 21.6 Å². The molecule has 1 atom stereocenters. The Morgan fingerprint density at radius 3 is 2.28 bits per heavy atom. The van der Waals surface area contributed by atoms with Crippen molar-refractivity contribution in [1.82, 2.24) is 4.90 Å². The molecule has 1 aromatic carbocycles. The standard InChI is InChI=1S/C15H21BrN2/c1-10-7-13(8-11(2)15(10)16)17-14-9-18-5-3-12(14)4-6-18/h7-8,12,14,17H,3-6,9H2,1-2H3. The van der Waals surface area contributed by atoms with E-state index in [2.05, 4.69) is 52.1 Å². The number of benzene rings is 1. The molecule has 0 aromatic heterocycles. The number of anilines is 1. The fourth-order valence-corrected chi connectivity index (χ4v) is 3.60. The van der Waals surface area contributed by atoms with Crippen molar-refractivity contribution in [1.29, 1.82) is 0 Å². The molecule has 0 spiro atoms. The molecule has 1 N–H and O–H groups in total. The second-order valence-corrected chi connectivity index (χ2v) is 6.61. The van der Waals surface area contributed by atoms with E-state index in [4.69, 9.17) is 0 Å². The summed E-state index contributed by atoms with van der Waals surface area (Å²) in [6, 6.07) is 5.16. The minimum atomic E-state index is 0.646. The lowest BCUT2D eigenvalue weighted by Gasteiger charge is -2.45. The van der Waals surface area contributed by atoms with Crippen LogP contribution in [0.25, 0.3) is 0 Å². The maximum absolute atomic E-state index is 3.76. The van der Waals surface area contributed by atoms with Crippen molar-refractivity contribution in [3.63, 3.8) is 0 Å². The number of rotatable bonds is 2. The number of nitrogens with zero attached hydrogens (tertiary/aromatic N) is 1. The van der Waals surface area contributed by atoms with Crippen molar-refractivity contribution in [3.05, 3.63) is 27.7 Å². The van der Waals surface area contributed by atoms with Gasteiger partial charge in [-0.05, 0) is 69.0 Å². The van der Waals surface area contributed by atoms with Crippen LogP contribution in [0.2, 0.25) is 0 Å². The summed E-state index contributed by atoms with van der Waals surface area (Å²) in [6.07, 6.45) is 2.73. The monoisotopic (exact) mass is 308 g/mol. The highest BCUT2D eigenvalue weighted by Gasteiger charge is 2.33. The predicted octanol–water partition coefficient (Wildman–Crippen LogP) is 3.57. The van der Waals surface area contributed by atoms with Crippen LogP contribution in [0.3, 0.4) is 0 Å². The van der Waals surface area contributed by atoms with Crippen LogP contribution in [0.15, 0.2) is 16.6 Å². The second-order valence-electron chi connectivity index (χ2n) is 5.81. The zero-order valence-electron chi connectivity index (χ0n) is 11.2. The van der Waals surface area contributed by atoms with Gasteiger partial charge in [0.25, 0.3) is 0 Å². The Bertz CT molecular complexity index is 427. The molecular weight excluding hydrogens is 288 g/mol. The summed E-state index contributed by atoms with van der Waals surface area (Å²) in [7, 11) is 0. The van der Waals surface area contributed by atoms with Crippen LogP contribution >= 0.6 is 15.9 Å². The SMILES string of the molecule is Cc1cc(NC2CN3CCC2CC3)cc(C)c1Br. The van der Waals surface area contributed by atoms with Crippen LogP contribution in [0.4, 0.5) is 5.69 Å². The first-order valence-electron chi connectivity index (χ1n) is 6.89. The summed E-state index contributed by atoms with van der Waals surface area (Å²) in [5.74, 6) is 0.874. The summed E-state index contributed by atoms with van der Waals surface area (Å²) in [4.78, 5) is 2.59. The van der Waals surface area contributed by atoms with Gasteiger partial charge in [0, 0.05) is 22.7 Å². The molecule has 18 heavy (non-hydrogen) atoms. The Hall–Kier alpha value is -0.540. The molecule has 1 unspecified atom stereocenters. The molecule has 2 nitrogen and oxygen atoms in total. The van der Waals surface area contributed by atoms with E-state index in [9.17, 15) is 0 Å². The number of hydrogen-bond acceptors (Lipinski definition) is 2. The number of fused-ring (bicyclic) bond motifs is 3. The van der Waals surface area contributed by atoms with Gasteiger partial charge in [-0.15, -0.1) is 0 Å². The summed E-state index contributed by atoms with van der Waals surface area (Å²) >= 11 is 3.64. The van der Waals surface area contributed by atoms with Crippen molar-refractivity contribution in [2.24, 2.45) is 5.92 Å². The lowest BCUT2D eigenvalue weighted by atomic mass is 9.84. The minimum absolute atomic E-state index is 0.646. The summed E-state index contributed by atoms with van der Waals surface area (Å²) in [5, 5.41) is 3.76. The largest absolute Gasteiger partial charge is 0.381 e. The quantitative estimate of drug-likeness (QED) is 0.898. The van der Waals surface area contributed by atoms with E-state index >= 15 is 0 Å². The zero-order valence-corrected chi connectivity index (χ0v) is 12.8. The van der Waals surface area contributed by atoms with E-state index in [1.165, 1.54) is 53.8 Å². The molecule has 2 bridgehead atoms. The highest BCUT2D eigenvalue weighted by atomic mass is 79.9. The van der Waals surface area contributed by atoms with Crippen LogP contribution in [0.1, 0.15) is 24.0 Å². The lowest BCUT2D eigenvalue weighted by molar-refractivity contribution is 0.0975. The maximum Gasteiger partial charge on any atom is 0.0417 e. The van der Waals surface area contributed by atoms with Crippen molar-refractivity contribution in [2.75, 3.05) is 25.0 Å². The molecule has 0 aliphatic carbocycles. The van der Waals surface area contributed by atoms with E-state index in [1.807, 2.05) is 0 Å². The first-order valence-corrected chi connectivity index (χ1v) is 7.68. The first-order chi connectivity index (χ1) is 8.63. The molecule has 0 radical (unpaired) electrons. The third kappa shape index (κ3) is 2.30. The Balaban J connectivity index is 1.77. The Morgan fingerprint density at radius 2 is 1.78 bits per heavy atom. The van der Waals surface area contributed by atoms with Gasteiger partial charge < -0.3 is 10.2 Å². The highest BCUT2D eigenvalue weighted by Crippen LogP contribution is 2.31. The first kappa shape index (κ1) is 12.5. The molecule has 3 aliphatic heterocycles. The van der Waals surface area contributed by atoms with Gasteiger partial charge in [-0.25, -0.2) is 0 Å². The highest BCUT2D eigenvalue weighted by molar-refractivity contribution is 9.10. The molecule has 98 valence electrons. The van der Waals surface area contributed by atoms with Crippen LogP contribution in [-0.4, -0.2) is 30.6 Å². The number of halogens is 1. The lowest BCUT2D eigenvalue weighted by Crippen LogP contribution is -2.53. The van der Waals surface area contributed by atoms with Gasteiger partial charge in [0.2, 0.25) is 0 Å². The molecular formula is C15H21BrN2. The van der Waals surface area contributed by atoms with Gasteiger partial charge in [0.05, 0.1) is 0 Å². The zero-order chi connectivity index (χ0) is 12.7. The fraction of sp³-hybridized carbons (Fsp3) is 0.600. The van der Waals surface area contributed by atoms with Crippen molar-refractivity contribution < 1.29 is 0 Å². The minimum Gasteiger partial charge on any atom is -0.381 e. The normalized spacial score (nSPS) is 30.5. The van der Waals surface area contributed by atoms with Gasteiger partial charge in [-0.3, -0.25) is 0 Å². The van der Waals surface area contributed by atoms with E-state index < -0.39 is 0 Å². The Kier molecular flexibility index (Phi) is 3.37. The van der Waals surface area contributed by atoms with E-state index in [1.54, 1.807) is 0 Å². The molecule has 4 rings (SSSR count). The number of aryl methyl sites for hydroxylation is 2. The predicted molar refractivity (Wildman–Crippen MR) is 80.2 cm³/mol. The van der Waals surface area contributed by atoms with Gasteiger partial charge in [-0.1, -0.05) is 15.9 Å². The van der Waals surface area contributed by atoms with Gasteiger partial charge in [0.1, 0.15) is 0 Å². The molecule has 3 saturated heterocycles. The molecule has 3 aliphatic rings.